The molecule has 0 bridgehead atoms. The van der Waals surface area contributed by atoms with E-state index in [1.54, 1.807) is 6.20 Å². The van der Waals surface area contributed by atoms with Crippen molar-refractivity contribution >= 4 is 15.8 Å². The lowest BCUT2D eigenvalue weighted by atomic mass is 9.98. The number of hydrogen-bond donors (Lipinski definition) is 1. The second-order valence-electron chi connectivity index (χ2n) is 6.56. The molecule has 0 amide bonds. The molecule has 0 atom stereocenters. The van der Waals surface area contributed by atoms with Crippen LogP contribution in [0.25, 0.3) is 11.5 Å². The van der Waals surface area contributed by atoms with Crippen LogP contribution in [0, 0.1) is 19.8 Å². The molecule has 1 aliphatic heterocycles. The van der Waals surface area contributed by atoms with Crippen molar-refractivity contribution in [1.82, 2.24) is 15.0 Å². The summed E-state index contributed by atoms with van der Waals surface area (Å²) in [7, 11) is -3.42. The lowest BCUT2D eigenvalue weighted by Crippen LogP contribution is -2.38. The summed E-state index contributed by atoms with van der Waals surface area (Å²) < 4.78 is 22.6. The molecule has 1 fully saturated rings. The standard InChI is InChI=1S/C17H23N5O2S/c1-12-13(2)20-16(15-5-3-4-8-19-15)21-17(12)22-9-6-14(7-10-22)11-25(18,23)24/h3-5,8,14H,6-7,9-11H2,1-2H3,(H2,18,23,24). The van der Waals surface area contributed by atoms with Crippen LogP contribution in [0.5, 0.6) is 0 Å². The first kappa shape index (κ1) is 17.8. The number of primary sulfonamides is 1. The Morgan fingerprint density at radius 3 is 2.52 bits per heavy atom. The Morgan fingerprint density at radius 2 is 1.92 bits per heavy atom. The van der Waals surface area contributed by atoms with Gasteiger partial charge in [-0.1, -0.05) is 6.07 Å². The van der Waals surface area contributed by atoms with E-state index < -0.39 is 10.0 Å². The Morgan fingerprint density at radius 1 is 1.20 bits per heavy atom. The quantitative estimate of drug-likeness (QED) is 0.888. The molecule has 1 aliphatic rings. The lowest BCUT2D eigenvalue weighted by Gasteiger charge is -2.33. The van der Waals surface area contributed by atoms with Gasteiger partial charge in [-0.25, -0.2) is 23.5 Å². The van der Waals surface area contributed by atoms with Crippen LogP contribution in [-0.2, 0) is 10.0 Å². The molecule has 134 valence electrons. The minimum atomic E-state index is -3.42. The van der Waals surface area contributed by atoms with Gasteiger partial charge in [-0.2, -0.15) is 0 Å². The van der Waals surface area contributed by atoms with Crippen molar-refractivity contribution in [3.05, 3.63) is 35.7 Å². The van der Waals surface area contributed by atoms with Crippen LogP contribution < -0.4 is 10.0 Å². The van der Waals surface area contributed by atoms with Gasteiger partial charge in [-0.3, -0.25) is 4.98 Å². The maximum absolute atomic E-state index is 11.3. The van der Waals surface area contributed by atoms with Gasteiger partial charge in [0.1, 0.15) is 11.5 Å². The van der Waals surface area contributed by atoms with E-state index in [-0.39, 0.29) is 11.7 Å². The number of anilines is 1. The van der Waals surface area contributed by atoms with E-state index in [1.807, 2.05) is 32.0 Å². The Labute approximate surface area is 148 Å². The van der Waals surface area contributed by atoms with Crippen LogP contribution in [0.15, 0.2) is 24.4 Å². The van der Waals surface area contributed by atoms with Crippen molar-refractivity contribution in [1.29, 1.82) is 0 Å². The highest BCUT2D eigenvalue weighted by Gasteiger charge is 2.25. The number of nitrogens with two attached hydrogens (primary N) is 1. The van der Waals surface area contributed by atoms with Crippen molar-refractivity contribution in [2.24, 2.45) is 11.1 Å². The molecule has 0 aromatic carbocycles. The van der Waals surface area contributed by atoms with Gasteiger partial charge in [0.2, 0.25) is 10.0 Å². The zero-order valence-electron chi connectivity index (χ0n) is 14.5. The minimum Gasteiger partial charge on any atom is -0.356 e. The summed E-state index contributed by atoms with van der Waals surface area (Å²) in [4.78, 5) is 15.8. The maximum Gasteiger partial charge on any atom is 0.209 e. The number of pyridine rings is 1. The molecule has 7 nitrogen and oxygen atoms in total. The zero-order chi connectivity index (χ0) is 18.0. The van der Waals surface area contributed by atoms with E-state index in [9.17, 15) is 8.42 Å². The van der Waals surface area contributed by atoms with Crippen LogP contribution in [0.3, 0.4) is 0 Å². The largest absolute Gasteiger partial charge is 0.356 e. The molecule has 2 aromatic rings. The molecule has 2 N–H and O–H groups in total. The molecule has 0 unspecified atom stereocenters. The molecule has 3 heterocycles. The van der Waals surface area contributed by atoms with Gasteiger partial charge in [0, 0.05) is 30.5 Å². The SMILES string of the molecule is Cc1nc(-c2ccccn2)nc(N2CCC(CS(N)(=O)=O)CC2)c1C. The molecule has 2 aromatic heterocycles. The summed E-state index contributed by atoms with van der Waals surface area (Å²) in [6.07, 6.45) is 3.31. The summed E-state index contributed by atoms with van der Waals surface area (Å²) >= 11 is 0. The summed E-state index contributed by atoms with van der Waals surface area (Å²) in [6.45, 7) is 5.52. The number of hydrogen-bond acceptors (Lipinski definition) is 6. The number of nitrogens with zero attached hydrogens (tertiary/aromatic N) is 4. The molecular weight excluding hydrogens is 338 g/mol. The van der Waals surface area contributed by atoms with Gasteiger partial charge in [0.05, 0.1) is 5.75 Å². The van der Waals surface area contributed by atoms with Crippen molar-refractivity contribution in [3.63, 3.8) is 0 Å². The minimum absolute atomic E-state index is 0.0574. The van der Waals surface area contributed by atoms with Crippen LogP contribution >= 0.6 is 0 Å². The molecule has 0 radical (unpaired) electrons. The summed E-state index contributed by atoms with van der Waals surface area (Å²) in [5.74, 6) is 1.69. The Kier molecular flexibility index (Phi) is 5.01. The average molecular weight is 361 g/mol. The summed E-state index contributed by atoms with van der Waals surface area (Å²) in [5.41, 5.74) is 2.72. The highest BCUT2D eigenvalue weighted by Crippen LogP contribution is 2.28. The summed E-state index contributed by atoms with van der Waals surface area (Å²) in [5, 5.41) is 5.17. The topological polar surface area (TPSA) is 102 Å². The zero-order valence-corrected chi connectivity index (χ0v) is 15.3. The average Bonchev–Trinajstić information content (AvgIpc) is 2.57. The van der Waals surface area contributed by atoms with Crippen LogP contribution in [0.2, 0.25) is 0 Å². The van der Waals surface area contributed by atoms with Crippen molar-refractivity contribution in [3.8, 4) is 11.5 Å². The van der Waals surface area contributed by atoms with E-state index >= 15 is 0 Å². The van der Waals surface area contributed by atoms with Gasteiger partial charge in [0.15, 0.2) is 5.82 Å². The first-order valence-electron chi connectivity index (χ1n) is 8.35. The van der Waals surface area contributed by atoms with Gasteiger partial charge in [-0.15, -0.1) is 0 Å². The molecule has 3 rings (SSSR count). The predicted octanol–water partition coefficient (Wildman–Crippen LogP) is 1.66. The molecule has 1 saturated heterocycles. The van der Waals surface area contributed by atoms with E-state index in [1.165, 1.54) is 0 Å². The molecule has 0 aliphatic carbocycles. The third-order valence-corrected chi connectivity index (χ3v) is 5.58. The molecule has 0 saturated carbocycles. The Balaban J connectivity index is 1.82. The second kappa shape index (κ2) is 7.05. The first-order chi connectivity index (χ1) is 11.8. The van der Waals surface area contributed by atoms with Gasteiger partial charge >= 0.3 is 0 Å². The van der Waals surface area contributed by atoms with Crippen molar-refractivity contribution in [2.75, 3.05) is 23.7 Å². The second-order valence-corrected chi connectivity index (χ2v) is 8.22. The highest BCUT2D eigenvalue weighted by molar-refractivity contribution is 7.89. The maximum atomic E-state index is 11.3. The van der Waals surface area contributed by atoms with Gasteiger partial charge in [-0.05, 0) is 44.7 Å². The lowest BCUT2D eigenvalue weighted by molar-refractivity contribution is 0.433. The van der Waals surface area contributed by atoms with Crippen LogP contribution in [0.1, 0.15) is 24.1 Å². The molecule has 25 heavy (non-hydrogen) atoms. The number of piperidine rings is 1. The highest BCUT2D eigenvalue weighted by atomic mass is 32.2. The predicted molar refractivity (Wildman–Crippen MR) is 97.6 cm³/mol. The third-order valence-electron chi connectivity index (χ3n) is 4.64. The fourth-order valence-corrected chi connectivity index (χ4v) is 4.16. The van der Waals surface area contributed by atoms with E-state index in [0.29, 0.717) is 5.82 Å². The Bertz CT molecular complexity index is 847. The van der Waals surface area contributed by atoms with Crippen LogP contribution in [-0.4, -0.2) is 42.2 Å². The normalized spacial score (nSPS) is 16.2. The molecular formula is C17H23N5O2S. The Hall–Kier alpha value is -2.06. The fourth-order valence-electron chi connectivity index (χ4n) is 3.17. The van der Waals surface area contributed by atoms with E-state index in [2.05, 4.69) is 14.9 Å². The van der Waals surface area contributed by atoms with Crippen molar-refractivity contribution < 1.29 is 8.42 Å². The number of aryl methyl sites for hydroxylation is 1. The third kappa shape index (κ3) is 4.32. The fraction of sp³-hybridized carbons (Fsp3) is 0.471. The van der Waals surface area contributed by atoms with Gasteiger partial charge < -0.3 is 4.90 Å². The smallest absolute Gasteiger partial charge is 0.209 e. The molecule has 0 spiro atoms. The van der Waals surface area contributed by atoms with Crippen LogP contribution in [0.4, 0.5) is 5.82 Å². The monoisotopic (exact) mass is 361 g/mol. The van der Waals surface area contributed by atoms with Crippen molar-refractivity contribution in [2.45, 2.75) is 26.7 Å². The van der Waals surface area contributed by atoms with Gasteiger partial charge in [0.25, 0.3) is 0 Å². The molecule has 8 heteroatoms. The first-order valence-corrected chi connectivity index (χ1v) is 10.1. The number of aromatic nitrogens is 3. The summed E-state index contributed by atoms with van der Waals surface area (Å²) in [6, 6.07) is 5.67. The van der Waals surface area contributed by atoms with E-state index in [4.69, 9.17) is 10.1 Å². The number of sulfonamides is 1. The number of rotatable bonds is 4. The van der Waals surface area contributed by atoms with E-state index in [0.717, 1.165) is 48.7 Å².